The summed E-state index contributed by atoms with van der Waals surface area (Å²) in [6, 6.07) is 9.12. The Bertz CT molecular complexity index is 496. The Morgan fingerprint density at radius 2 is 1.67 bits per heavy atom. The molecule has 118 valence electrons. The van der Waals surface area contributed by atoms with Crippen LogP contribution in [0.25, 0.3) is 0 Å². The number of carbonyl (C=O) groups excluding carboxylic acids is 1. The first-order valence-electron chi connectivity index (χ1n) is 7.10. The fourth-order valence-electron chi connectivity index (χ4n) is 1.81. The Labute approximate surface area is 132 Å². The van der Waals surface area contributed by atoms with Gasteiger partial charge in [-0.25, -0.2) is 0 Å². The maximum atomic E-state index is 12.8. The zero-order valence-corrected chi connectivity index (χ0v) is 15.6. The van der Waals surface area contributed by atoms with Gasteiger partial charge in [0, 0.05) is 0 Å². The van der Waals surface area contributed by atoms with E-state index < -0.39 is 25.1 Å². The van der Waals surface area contributed by atoms with E-state index in [9.17, 15) is 9.36 Å². The van der Waals surface area contributed by atoms with Gasteiger partial charge in [0.05, 0.1) is 0 Å². The molecule has 0 aliphatic heterocycles. The van der Waals surface area contributed by atoms with Crippen LogP contribution in [0, 0.1) is 0 Å². The molecule has 0 saturated carbocycles. The minimum atomic E-state index is -3.19. The van der Waals surface area contributed by atoms with Crippen molar-refractivity contribution in [2.75, 3.05) is 13.2 Å². The molecular weight excluding hydrogens is 354 g/mol. The van der Waals surface area contributed by atoms with Crippen LogP contribution < -0.4 is 0 Å². The van der Waals surface area contributed by atoms with Crippen LogP contribution in [0.2, 0.25) is 4.31 Å². The van der Waals surface area contributed by atoms with Gasteiger partial charge in [0.1, 0.15) is 0 Å². The van der Waals surface area contributed by atoms with Crippen LogP contribution in [0.5, 0.6) is 0 Å². The number of hydrogen-bond acceptors (Lipinski definition) is 4. The van der Waals surface area contributed by atoms with Crippen molar-refractivity contribution < 1.29 is 18.4 Å². The SMILES string of the molecule is CCOP(=O)(OCC)[Se]C(C)(CC)C(=O)c1ccccc1. The van der Waals surface area contributed by atoms with Crippen molar-refractivity contribution in [2.24, 2.45) is 0 Å². The molecule has 1 aromatic rings. The number of Topliss-reactive ketones (excluding diaryl/α,β-unsaturated/α-hetero) is 1. The van der Waals surface area contributed by atoms with E-state index in [0.717, 1.165) is 0 Å². The molecule has 0 aliphatic carbocycles. The molecule has 0 saturated heterocycles. The van der Waals surface area contributed by atoms with E-state index in [1.54, 1.807) is 26.0 Å². The summed E-state index contributed by atoms with van der Waals surface area (Å²) in [7, 11) is 0. The van der Waals surface area contributed by atoms with E-state index in [-0.39, 0.29) is 5.78 Å². The first-order valence-corrected chi connectivity index (χ1v) is 11.7. The first kappa shape index (κ1) is 18.6. The zero-order valence-electron chi connectivity index (χ0n) is 13.0. The third kappa shape index (κ3) is 5.05. The van der Waals surface area contributed by atoms with Crippen LogP contribution in [0.3, 0.4) is 0 Å². The van der Waals surface area contributed by atoms with Gasteiger partial charge in [-0.05, 0) is 0 Å². The van der Waals surface area contributed by atoms with Crippen LogP contribution in [-0.2, 0) is 13.6 Å². The standard InChI is InChI=1S/C15H23O4PSe/c1-5-15(4,14(16)13-11-9-8-10-12-13)21-20(17,18-6-2)19-7-3/h8-12H,5-7H2,1-4H3. The van der Waals surface area contributed by atoms with Crippen molar-refractivity contribution in [3.63, 3.8) is 0 Å². The average molecular weight is 377 g/mol. The van der Waals surface area contributed by atoms with Crippen LogP contribution in [0.15, 0.2) is 30.3 Å². The molecule has 4 nitrogen and oxygen atoms in total. The molecule has 0 heterocycles. The summed E-state index contributed by atoms with van der Waals surface area (Å²) >= 11 is -0.576. The van der Waals surface area contributed by atoms with Crippen molar-refractivity contribution in [3.05, 3.63) is 35.9 Å². The monoisotopic (exact) mass is 378 g/mol. The van der Waals surface area contributed by atoms with Gasteiger partial charge in [-0.1, -0.05) is 0 Å². The summed E-state index contributed by atoms with van der Waals surface area (Å²) in [5.41, 5.74) is 0.642. The van der Waals surface area contributed by atoms with Gasteiger partial charge in [-0.15, -0.1) is 0 Å². The van der Waals surface area contributed by atoms with Gasteiger partial charge >= 0.3 is 133 Å². The second kappa shape index (κ2) is 8.26. The molecule has 1 atom stereocenters. The molecule has 21 heavy (non-hydrogen) atoms. The van der Waals surface area contributed by atoms with Crippen LogP contribution in [-0.4, -0.2) is 33.5 Å². The van der Waals surface area contributed by atoms with Gasteiger partial charge in [-0.3, -0.25) is 0 Å². The fraction of sp³-hybridized carbons (Fsp3) is 0.533. The zero-order chi connectivity index (χ0) is 15.9. The van der Waals surface area contributed by atoms with Gasteiger partial charge in [-0.2, -0.15) is 0 Å². The summed E-state index contributed by atoms with van der Waals surface area (Å²) in [5, 5.41) is 0. The molecule has 0 fully saturated rings. The van der Waals surface area contributed by atoms with E-state index in [4.69, 9.17) is 9.05 Å². The van der Waals surface area contributed by atoms with Crippen molar-refractivity contribution in [2.45, 2.75) is 38.4 Å². The molecule has 6 heteroatoms. The first-order chi connectivity index (χ1) is 9.90. The number of carbonyl (C=O) groups is 1. The van der Waals surface area contributed by atoms with Crippen LogP contribution >= 0.6 is 6.29 Å². The predicted octanol–water partition coefficient (Wildman–Crippen LogP) is 4.34. The van der Waals surface area contributed by atoms with E-state index in [1.807, 2.05) is 32.0 Å². The minimum absolute atomic E-state index is 0.00484. The van der Waals surface area contributed by atoms with Crippen LogP contribution in [0.1, 0.15) is 44.5 Å². The van der Waals surface area contributed by atoms with E-state index >= 15 is 0 Å². The van der Waals surface area contributed by atoms with Gasteiger partial charge in [0.15, 0.2) is 0 Å². The van der Waals surface area contributed by atoms with Gasteiger partial charge < -0.3 is 0 Å². The fourth-order valence-corrected chi connectivity index (χ4v) is 10.0. The normalized spacial score (nSPS) is 14.7. The van der Waals surface area contributed by atoms with Gasteiger partial charge in [0.25, 0.3) is 0 Å². The Kier molecular flexibility index (Phi) is 7.32. The van der Waals surface area contributed by atoms with Gasteiger partial charge in [0.2, 0.25) is 0 Å². The quantitative estimate of drug-likeness (QED) is 0.365. The van der Waals surface area contributed by atoms with Crippen molar-refractivity contribution in [1.82, 2.24) is 0 Å². The summed E-state index contributed by atoms with van der Waals surface area (Å²) in [4.78, 5) is 12.8. The van der Waals surface area contributed by atoms with Crippen LogP contribution in [0.4, 0.5) is 0 Å². The predicted molar refractivity (Wildman–Crippen MR) is 86.0 cm³/mol. The number of ketones is 1. The second-order valence-corrected chi connectivity index (χ2v) is 12.1. The third-order valence-electron chi connectivity index (χ3n) is 3.08. The maximum absolute atomic E-state index is 12.8. The summed E-state index contributed by atoms with van der Waals surface area (Å²) in [6.45, 7) is 7.99. The Morgan fingerprint density at radius 3 is 2.10 bits per heavy atom. The summed E-state index contributed by atoms with van der Waals surface area (Å²) in [6.07, 6.45) is -2.59. The van der Waals surface area contributed by atoms with Crippen molar-refractivity contribution >= 4 is 26.6 Å². The molecule has 0 N–H and O–H groups in total. The Hall–Kier alpha value is -0.441. The number of hydrogen-bond donors (Lipinski definition) is 0. The molecule has 0 bridgehead atoms. The molecule has 1 unspecified atom stereocenters. The molecule has 1 aromatic carbocycles. The molecule has 0 spiro atoms. The molecule has 0 radical (unpaired) electrons. The molecule has 0 aliphatic rings. The van der Waals surface area contributed by atoms with E-state index in [1.165, 1.54) is 0 Å². The second-order valence-electron chi connectivity index (χ2n) is 4.65. The molecule has 0 amide bonds. The molecule has 1 rings (SSSR count). The van der Waals surface area contributed by atoms with E-state index in [2.05, 4.69) is 0 Å². The van der Waals surface area contributed by atoms with Crippen molar-refractivity contribution in [3.8, 4) is 0 Å². The van der Waals surface area contributed by atoms with E-state index in [0.29, 0.717) is 25.2 Å². The summed E-state index contributed by atoms with van der Waals surface area (Å²) < 4.78 is 22.8. The Morgan fingerprint density at radius 1 is 1.14 bits per heavy atom. The Balaban J connectivity index is 3.03. The number of rotatable bonds is 9. The molecular formula is C15H23O4PSe. The topological polar surface area (TPSA) is 52.6 Å². The average Bonchev–Trinajstić information content (AvgIpc) is 2.47. The number of benzene rings is 1. The summed E-state index contributed by atoms with van der Waals surface area (Å²) in [5.74, 6) is 0.00484. The van der Waals surface area contributed by atoms with Crippen molar-refractivity contribution in [1.29, 1.82) is 0 Å². The third-order valence-corrected chi connectivity index (χ3v) is 11.1. The molecule has 0 aromatic heterocycles.